The van der Waals surface area contributed by atoms with E-state index < -0.39 is 0 Å². The molecule has 0 saturated heterocycles. The van der Waals surface area contributed by atoms with Gasteiger partial charge in [-0.3, -0.25) is 0 Å². The fourth-order valence-corrected chi connectivity index (χ4v) is 2.14. The van der Waals surface area contributed by atoms with Crippen LogP contribution in [0.4, 0.5) is 0 Å². The number of rotatable bonds is 6. The first-order valence-corrected chi connectivity index (χ1v) is 6.51. The van der Waals surface area contributed by atoms with E-state index in [0.717, 1.165) is 31.0 Å². The van der Waals surface area contributed by atoms with Crippen LogP contribution >= 0.6 is 12.2 Å². The summed E-state index contributed by atoms with van der Waals surface area (Å²) in [6, 6.07) is 0.582. The first-order valence-electron chi connectivity index (χ1n) is 6.11. The van der Waals surface area contributed by atoms with Gasteiger partial charge in [0, 0.05) is 19.1 Å². The van der Waals surface area contributed by atoms with Gasteiger partial charge in [-0.1, -0.05) is 27.7 Å². The minimum atomic E-state index is 0.582. The van der Waals surface area contributed by atoms with Gasteiger partial charge in [0.05, 0.1) is 0 Å². The topological polar surface area (TPSA) is 15.3 Å². The minimum Gasteiger partial charge on any atom is -0.363 e. The molecule has 2 nitrogen and oxygen atoms in total. The summed E-state index contributed by atoms with van der Waals surface area (Å²) in [6.45, 7) is 13.0. The van der Waals surface area contributed by atoms with E-state index in [1.54, 1.807) is 0 Å². The van der Waals surface area contributed by atoms with Gasteiger partial charge in [0.1, 0.15) is 0 Å². The highest BCUT2D eigenvalue weighted by molar-refractivity contribution is 7.80. The van der Waals surface area contributed by atoms with Crippen molar-refractivity contribution in [2.75, 3.05) is 13.1 Å². The van der Waals surface area contributed by atoms with Crippen LogP contribution < -0.4 is 5.32 Å². The monoisotopic (exact) mass is 230 g/mol. The third-order valence-corrected chi connectivity index (χ3v) is 2.91. The highest BCUT2D eigenvalue weighted by Gasteiger charge is 2.18. The van der Waals surface area contributed by atoms with Gasteiger partial charge < -0.3 is 10.2 Å². The minimum absolute atomic E-state index is 0.582. The highest BCUT2D eigenvalue weighted by Crippen LogP contribution is 2.11. The van der Waals surface area contributed by atoms with Crippen LogP contribution in [0.15, 0.2) is 0 Å². The van der Waals surface area contributed by atoms with Gasteiger partial charge in [0.15, 0.2) is 5.11 Å². The maximum Gasteiger partial charge on any atom is 0.169 e. The van der Waals surface area contributed by atoms with Crippen molar-refractivity contribution in [1.82, 2.24) is 10.2 Å². The molecule has 0 saturated carbocycles. The highest BCUT2D eigenvalue weighted by atomic mass is 32.1. The van der Waals surface area contributed by atoms with E-state index >= 15 is 0 Å². The quantitative estimate of drug-likeness (QED) is 0.706. The zero-order valence-corrected chi connectivity index (χ0v) is 11.7. The fourth-order valence-electron chi connectivity index (χ4n) is 1.77. The number of hydrogen-bond donors (Lipinski definition) is 1. The Bertz CT molecular complexity index is 176. The second-order valence-corrected chi connectivity index (χ2v) is 4.74. The van der Waals surface area contributed by atoms with Gasteiger partial charge in [-0.05, 0) is 37.9 Å². The van der Waals surface area contributed by atoms with Gasteiger partial charge in [0.2, 0.25) is 0 Å². The van der Waals surface area contributed by atoms with Crippen LogP contribution in [-0.2, 0) is 0 Å². The SMILES string of the molecule is CCNC(=S)N(CC(C)C)C(CC)CC. The molecule has 0 rings (SSSR count). The molecule has 0 aromatic heterocycles. The molecule has 90 valence electrons. The van der Waals surface area contributed by atoms with Crippen LogP contribution in [0.5, 0.6) is 0 Å². The zero-order valence-electron chi connectivity index (χ0n) is 10.8. The van der Waals surface area contributed by atoms with E-state index in [2.05, 4.69) is 44.8 Å². The van der Waals surface area contributed by atoms with Crippen molar-refractivity contribution >= 4 is 17.3 Å². The van der Waals surface area contributed by atoms with Gasteiger partial charge in [-0.15, -0.1) is 0 Å². The Kier molecular flexibility index (Phi) is 7.75. The Hall–Kier alpha value is -0.310. The average Bonchev–Trinajstić information content (AvgIpc) is 2.18. The Morgan fingerprint density at radius 2 is 1.73 bits per heavy atom. The maximum absolute atomic E-state index is 5.42. The van der Waals surface area contributed by atoms with Crippen LogP contribution in [0, 0.1) is 5.92 Å². The molecule has 0 radical (unpaired) electrons. The van der Waals surface area contributed by atoms with E-state index in [0.29, 0.717) is 12.0 Å². The number of nitrogens with one attached hydrogen (secondary N) is 1. The van der Waals surface area contributed by atoms with Crippen LogP contribution in [0.3, 0.4) is 0 Å². The molecule has 0 unspecified atom stereocenters. The lowest BCUT2D eigenvalue weighted by Gasteiger charge is -2.34. The lowest BCUT2D eigenvalue weighted by Crippen LogP contribution is -2.47. The molecule has 1 N–H and O–H groups in total. The van der Waals surface area contributed by atoms with E-state index in [4.69, 9.17) is 12.2 Å². The molecule has 15 heavy (non-hydrogen) atoms. The lowest BCUT2D eigenvalue weighted by molar-refractivity contribution is 0.264. The maximum atomic E-state index is 5.42. The smallest absolute Gasteiger partial charge is 0.169 e. The summed E-state index contributed by atoms with van der Waals surface area (Å²) in [5.41, 5.74) is 0. The third kappa shape index (κ3) is 5.36. The molecule has 0 spiro atoms. The molecule has 0 amide bonds. The predicted molar refractivity (Wildman–Crippen MR) is 72.2 cm³/mol. The molecule has 0 aliphatic carbocycles. The molecule has 3 heteroatoms. The van der Waals surface area contributed by atoms with E-state index in [-0.39, 0.29) is 0 Å². The largest absolute Gasteiger partial charge is 0.363 e. The predicted octanol–water partition coefficient (Wildman–Crippen LogP) is 3.03. The van der Waals surface area contributed by atoms with Crippen molar-refractivity contribution < 1.29 is 0 Å². The Balaban J connectivity index is 4.47. The summed E-state index contributed by atoms with van der Waals surface area (Å²) in [6.07, 6.45) is 2.32. The van der Waals surface area contributed by atoms with Crippen molar-refractivity contribution in [2.45, 2.75) is 53.5 Å². The average molecular weight is 230 g/mol. The lowest BCUT2D eigenvalue weighted by atomic mass is 10.1. The summed E-state index contributed by atoms with van der Waals surface area (Å²) in [7, 11) is 0. The van der Waals surface area contributed by atoms with Gasteiger partial charge in [-0.2, -0.15) is 0 Å². The van der Waals surface area contributed by atoms with Crippen LogP contribution in [-0.4, -0.2) is 29.1 Å². The first kappa shape index (κ1) is 14.7. The van der Waals surface area contributed by atoms with Crippen molar-refractivity contribution in [3.05, 3.63) is 0 Å². The molecular weight excluding hydrogens is 204 g/mol. The van der Waals surface area contributed by atoms with E-state index in [9.17, 15) is 0 Å². The number of hydrogen-bond acceptors (Lipinski definition) is 1. The molecular formula is C12H26N2S. The molecule has 0 bridgehead atoms. The van der Waals surface area contributed by atoms with Gasteiger partial charge >= 0.3 is 0 Å². The van der Waals surface area contributed by atoms with Crippen molar-refractivity contribution in [3.8, 4) is 0 Å². The van der Waals surface area contributed by atoms with Gasteiger partial charge in [0.25, 0.3) is 0 Å². The van der Waals surface area contributed by atoms with Crippen LogP contribution in [0.1, 0.15) is 47.5 Å². The van der Waals surface area contributed by atoms with E-state index in [1.165, 1.54) is 0 Å². The van der Waals surface area contributed by atoms with Crippen molar-refractivity contribution in [3.63, 3.8) is 0 Å². The Morgan fingerprint density at radius 3 is 2.07 bits per heavy atom. The van der Waals surface area contributed by atoms with Crippen molar-refractivity contribution in [2.24, 2.45) is 5.92 Å². The molecule has 0 fully saturated rings. The van der Waals surface area contributed by atoms with Crippen molar-refractivity contribution in [1.29, 1.82) is 0 Å². The van der Waals surface area contributed by atoms with Crippen LogP contribution in [0.25, 0.3) is 0 Å². The summed E-state index contributed by atoms with van der Waals surface area (Å²) >= 11 is 5.42. The van der Waals surface area contributed by atoms with Gasteiger partial charge in [-0.25, -0.2) is 0 Å². The molecule has 0 atom stereocenters. The first-order chi connectivity index (χ1) is 7.06. The normalized spacial score (nSPS) is 10.9. The molecule has 0 aromatic carbocycles. The fraction of sp³-hybridized carbons (Fsp3) is 0.917. The summed E-state index contributed by atoms with van der Waals surface area (Å²) < 4.78 is 0. The second kappa shape index (κ2) is 7.91. The third-order valence-electron chi connectivity index (χ3n) is 2.53. The molecule has 0 aromatic rings. The number of thiocarbonyl (C=S) groups is 1. The second-order valence-electron chi connectivity index (χ2n) is 4.35. The Labute approximate surface area is 100 Å². The Morgan fingerprint density at radius 1 is 1.20 bits per heavy atom. The summed E-state index contributed by atoms with van der Waals surface area (Å²) in [5, 5.41) is 4.17. The molecule has 0 heterocycles. The molecule has 0 aliphatic heterocycles. The summed E-state index contributed by atoms with van der Waals surface area (Å²) in [5.74, 6) is 0.655. The van der Waals surface area contributed by atoms with Crippen LogP contribution in [0.2, 0.25) is 0 Å². The van der Waals surface area contributed by atoms with E-state index in [1.807, 2.05) is 0 Å². The zero-order chi connectivity index (χ0) is 11.8. The summed E-state index contributed by atoms with van der Waals surface area (Å²) in [4.78, 5) is 2.35. The molecule has 0 aliphatic rings. The standard InChI is InChI=1S/C12H26N2S/c1-6-11(7-2)14(9-10(4)5)12(15)13-8-3/h10-11H,6-9H2,1-5H3,(H,13,15). The number of nitrogens with zero attached hydrogens (tertiary/aromatic N) is 1.